The largest absolute Gasteiger partial charge is 0.385 e. The van der Waals surface area contributed by atoms with Gasteiger partial charge in [-0.2, -0.15) is 5.10 Å². The fourth-order valence-corrected chi connectivity index (χ4v) is 1.14. The Bertz CT molecular complexity index is 244. The van der Waals surface area contributed by atoms with E-state index in [-0.39, 0.29) is 12.6 Å². The van der Waals surface area contributed by atoms with Crippen LogP contribution in [0.3, 0.4) is 0 Å². The summed E-state index contributed by atoms with van der Waals surface area (Å²) in [6, 6.07) is 2.05. The van der Waals surface area contributed by atoms with Crippen molar-refractivity contribution < 1.29 is 5.11 Å². The Labute approximate surface area is 72.0 Å². The molecular formula is C8H15N3O. The number of hydrogen-bond donors (Lipinski definition) is 2. The maximum Gasteiger partial charge on any atom is 0.108 e. The van der Waals surface area contributed by atoms with Crippen LogP contribution in [0.25, 0.3) is 0 Å². The first-order valence-electron chi connectivity index (χ1n) is 4.08. The van der Waals surface area contributed by atoms with E-state index in [9.17, 15) is 5.11 Å². The van der Waals surface area contributed by atoms with Crippen LogP contribution in [0.5, 0.6) is 0 Å². The first kappa shape index (κ1) is 9.22. The summed E-state index contributed by atoms with van der Waals surface area (Å²) in [6.07, 6.45) is 1.07. The minimum absolute atomic E-state index is 0.235. The van der Waals surface area contributed by atoms with Gasteiger partial charge in [-0.3, -0.25) is 4.68 Å². The monoisotopic (exact) mass is 169 g/mol. The van der Waals surface area contributed by atoms with Crippen LogP contribution in [0.2, 0.25) is 0 Å². The molecule has 1 heterocycles. The van der Waals surface area contributed by atoms with Crippen molar-refractivity contribution in [3.8, 4) is 0 Å². The van der Waals surface area contributed by atoms with Crippen LogP contribution in [-0.4, -0.2) is 21.4 Å². The quantitative estimate of drug-likeness (QED) is 0.690. The molecule has 0 bridgehead atoms. The maximum absolute atomic E-state index is 9.46. The summed E-state index contributed by atoms with van der Waals surface area (Å²) >= 11 is 0. The van der Waals surface area contributed by atoms with Crippen molar-refractivity contribution in [2.24, 2.45) is 5.73 Å². The molecule has 0 saturated heterocycles. The Morgan fingerprint density at radius 3 is 2.83 bits per heavy atom. The standard InChI is InChI=1S/C8H15N3O/c1-6(2)11-7(3-4-10-11)8(12)5-9/h3-4,6,8,12H,5,9H2,1-2H3/t8-/m1/s1. The van der Waals surface area contributed by atoms with Crippen molar-refractivity contribution in [3.05, 3.63) is 18.0 Å². The Kier molecular flexibility index (Phi) is 2.83. The van der Waals surface area contributed by atoms with Crippen LogP contribution in [0.15, 0.2) is 12.3 Å². The van der Waals surface area contributed by atoms with Crippen LogP contribution in [-0.2, 0) is 0 Å². The van der Waals surface area contributed by atoms with Gasteiger partial charge in [-0.15, -0.1) is 0 Å². The third kappa shape index (κ3) is 1.65. The van der Waals surface area contributed by atoms with Gasteiger partial charge in [-0.05, 0) is 19.9 Å². The van der Waals surface area contributed by atoms with Crippen LogP contribution < -0.4 is 5.73 Å². The van der Waals surface area contributed by atoms with E-state index in [2.05, 4.69) is 5.10 Å². The fraction of sp³-hybridized carbons (Fsp3) is 0.625. The topological polar surface area (TPSA) is 64.1 Å². The Morgan fingerprint density at radius 2 is 2.33 bits per heavy atom. The highest BCUT2D eigenvalue weighted by molar-refractivity contribution is 5.05. The summed E-state index contributed by atoms with van der Waals surface area (Å²) in [7, 11) is 0. The number of aromatic nitrogens is 2. The predicted octanol–water partition coefficient (Wildman–Crippen LogP) is 0.456. The lowest BCUT2D eigenvalue weighted by Crippen LogP contribution is -2.17. The first-order valence-corrected chi connectivity index (χ1v) is 4.08. The lowest BCUT2D eigenvalue weighted by atomic mass is 10.2. The molecule has 1 rings (SSSR count). The van der Waals surface area contributed by atoms with Crippen molar-refractivity contribution in [2.45, 2.75) is 26.0 Å². The third-order valence-electron chi connectivity index (χ3n) is 1.75. The van der Waals surface area contributed by atoms with E-state index in [1.54, 1.807) is 16.9 Å². The van der Waals surface area contributed by atoms with Gasteiger partial charge in [-0.1, -0.05) is 0 Å². The summed E-state index contributed by atoms with van der Waals surface area (Å²) in [5, 5.41) is 13.5. The Balaban J connectivity index is 2.91. The van der Waals surface area contributed by atoms with Crippen LogP contribution in [0, 0.1) is 0 Å². The fourth-order valence-electron chi connectivity index (χ4n) is 1.14. The molecule has 0 aliphatic rings. The summed E-state index contributed by atoms with van der Waals surface area (Å²) < 4.78 is 1.78. The van der Waals surface area contributed by atoms with Gasteiger partial charge in [0.2, 0.25) is 0 Å². The van der Waals surface area contributed by atoms with E-state index in [1.807, 2.05) is 13.8 Å². The van der Waals surface area contributed by atoms with Gasteiger partial charge in [0.15, 0.2) is 0 Å². The minimum atomic E-state index is -0.602. The van der Waals surface area contributed by atoms with Gasteiger partial charge in [0.25, 0.3) is 0 Å². The molecule has 0 saturated carbocycles. The van der Waals surface area contributed by atoms with E-state index >= 15 is 0 Å². The smallest absolute Gasteiger partial charge is 0.108 e. The zero-order chi connectivity index (χ0) is 9.14. The second-order valence-corrected chi connectivity index (χ2v) is 3.05. The van der Waals surface area contributed by atoms with Crippen molar-refractivity contribution >= 4 is 0 Å². The number of rotatable bonds is 3. The van der Waals surface area contributed by atoms with Crippen molar-refractivity contribution in [2.75, 3.05) is 6.54 Å². The van der Waals surface area contributed by atoms with Crippen LogP contribution >= 0.6 is 0 Å². The van der Waals surface area contributed by atoms with Gasteiger partial charge in [0, 0.05) is 18.8 Å². The van der Waals surface area contributed by atoms with Gasteiger partial charge in [0.05, 0.1) is 5.69 Å². The molecule has 1 aromatic rings. The molecule has 0 fully saturated rings. The van der Waals surface area contributed by atoms with Gasteiger partial charge in [0.1, 0.15) is 6.10 Å². The second-order valence-electron chi connectivity index (χ2n) is 3.05. The molecule has 3 N–H and O–H groups in total. The van der Waals surface area contributed by atoms with E-state index in [0.29, 0.717) is 0 Å². The molecule has 68 valence electrons. The highest BCUT2D eigenvalue weighted by Gasteiger charge is 2.12. The summed E-state index contributed by atoms with van der Waals surface area (Å²) in [6.45, 7) is 4.26. The maximum atomic E-state index is 9.46. The Hall–Kier alpha value is -0.870. The summed E-state index contributed by atoms with van der Waals surface area (Å²) in [5.41, 5.74) is 6.13. The SMILES string of the molecule is CC(C)n1nccc1[C@H](O)CN. The molecule has 0 radical (unpaired) electrons. The zero-order valence-electron chi connectivity index (χ0n) is 7.44. The summed E-state index contributed by atoms with van der Waals surface area (Å²) in [4.78, 5) is 0. The van der Waals surface area contributed by atoms with Gasteiger partial charge < -0.3 is 10.8 Å². The average Bonchev–Trinajstić information content (AvgIpc) is 2.50. The predicted molar refractivity (Wildman–Crippen MR) is 46.6 cm³/mol. The van der Waals surface area contributed by atoms with E-state index in [0.717, 1.165) is 5.69 Å². The van der Waals surface area contributed by atoms with E-state index in [4.69, 9.17) is 5.73 Å². The van der Waals surface area contributed by atoms with Crippen LogP contribution in [0.4, 0.5) is 0 Å². The molecular weight excluding hydrogens is 154 g/mol. The molecule has 0 aromatic carbocycles. The zero-order valence-corrected chi connectivity index (χ0v) is 7.44. The Morgan fingerprint density at radius 1 is 1.67 bits per heavy atom. The molecule has 12 heavy (non-hydrogen) atoms. The average molecular weight is 169 g/mol. The normalized spacial score (nSPS) is 13.8. The second kappa shape index (κ2) is 3.69. The highest BCUT2D eigenvalue weighted by Crippen LogP contribution is 2.14. The van der Waals surface area contributed by atoms with E-state index in [1.165, 1.54) is 0 Å². The molecule has 0 aliphatic carbocycles. The third-order valence-corrected chi connectivity index (χ3v) is 1.75. The number of aliphatic hydroxyl groups is 1. The molecule has 1 atom stereocenters. The van der Waals surface area contributed by atoms with Gasteiger partial charge >= 0.3 is 0 Å². The van der Waals surface area contributed by atoms with Crippen molar-refractivity contribution in [1.29, 1.82) is 0 Å². The molecule has 0 unspecified atom stereocenters. The lowest BCUT2D eigenvalue weighted by Gasteiger charge is -2.13. The molecule has 1 aromatic heterocycles. The first-order chi connectivity index (χ1) is 5.66. The van der Waals surface area contributed by atoms with Crippen molar-refractivity contribution in [1.82, 2.24) is 9.78 Å². The number of aliphatic hydroxyl groups excluding tert-OH is 1. The number of hydrogen-bond acceptors (Lipinski definition) is 3. The van der Waals surface area contributed by atoms with Gasteiger partial charge in [-0.25, -0.2) is 0 Å². The molecule has 4 heteroatoms. The molecule has 4 nitrogen and oxygen atoms in total. The minimum Gasteiger partial charge on any atom is -0.385 e. The molecule has 0 amide bonds. The molecule has 0 spiro atoms. The van der Waals surface area contributed by atoms with E-state index < -0.39 is 6.10 Å². The number of nitrogens with zero attached hydrogens (tertiary/aromatic N) is 2. The van der Waals surface area contributed by atoms with Crippen LogP contribution in [0.1, 0.15) is 31.7 Å². The number of nitrogens with two attached hydrogens (primary N) is 1. The molecule has 0 aliphatic heterocycles. The van der Waals surface area contributed by atoms with Crippen molar-refractivity contribution in [3.63, 3.8) is 0 Å². The lowest BCUT2D eigenvalue weighted by molar-refractivity contribution is 0.173. The highest BCUT2D eigenvalue weighted by atomic mass is 16.3. The summed E-state index contributed by atoms with van der Waals surface area (Å²) in [5.74, 6) is 0.